The first-order valence-electron chi connectivity index (χ1n) is 19.4. The van der Waals surface area contributed by atoms with E-state index in [9.17, 15) is 0 Å². The molecule has 0 N–H and O–H groups in total. The van der Waals surface area contributed by atoms with E-state index in [1.807, 2.05) is 12.3 Å². The van der Waals surface area contributed by atoms with Crippen molar-refractivity contribution in [2.75, 3.05) is 0 Å². The summed E-state index contributed by atoms with van der Waals surface area (Å²) in [7, 11) is -1.64. The normalized spacial score (nSPS) is 19.4. The predicted octanol–water partition coefficient (Wildman–Crippen LogP) is 10.8. The fraction of sp³-hybridized carbons (Fsp3) is 0.370. The average molecular weight is 690 g/mol. The second kappa shape index (κ2) is 12.4. The number of aryl methyl sites for hydroxylation is 1. The quantitative estimate of drug-likeness (QED) is 0.137. The Balaban J connectivity index is 1.28. The number of pyridine rings is 3. The molecule has 0 amide bonds. The van der Waals surface area contributed by atoms with E-state index in [2.05, 4.69) is 121 Å². The molecule has 1 fully saturated rings. The standard InChI is InChI=1S/C46H51N3OSi/c1-29(2)39-27-41-35-16-11-10-15-34(35)36-20-18-32-19-21-37-38-17-12-23-47-46(38)50-45(37)44(32)42-26-33(31-13-8-7-9-14-31)22-24-48(42)30(3)25-40(36)49(41)28-43(39)51(4,5)6/h10-12,15-17,19,21-24,26-29,31,36,40H,3,7-9,13-14,18,20,25H2,1-2,4-6H3/q+2. The van der Waals surface area contributed by atoms with Crippen LogP contribution in [-0.2, 0) is 6.42 Å². The third-order valence-corrected chi connectivity index (χ3v) is 14.4. The summed E-state index contributed by atoms with van der Waals surface area (Å²) in [5, 5.41) is 3.80. The van der Waals surface area contributed by atoms with E-state index in [0.717, 1.165) is 41.3 Å². The number of hydrogen-bond acceptors (Lipinski definition) is 2. The van der Waals surface area contributed by atoms with Crippen molar-refractivity contribution in [1.29, 1.82) is 0 Å². The first-order valence-corrected chi connectivity index (χ1v) is 22.9. The molecule has 2 aromatic carbocycles. The number of nitrogens with zero attached hydrogens (tertiary/aromatic N) is 3. The number of benzene rings is 2. The zero-order valence-corrected chi connectivity index (χ0v) is 32.0. The summed E-state index contributed by atoms with van der Waals surface area (Å²) in [5.41, 5.74) is 13.7. The van der Waals surface area contributed by atoms with Crippen LogP contribution in [-0.4, -0.2) is 13.1 Å². The van der Waals surface area contributed by atoms with Crippen LogP contribution >= 0.6 is 0 Å². The molecule has 1 saturated carbocycles. The summed E-state index contributed by atoms with van der Waals surface area (Å²) in [4.78, 5) is 4.66. The molecule has 1 aliphatic carbocycles. The van der Waals surface area contributed by atoms with Crippen LogP contribution in [0.25, 0.3) is 50.3 Å². The van der Waals surface area contributed by atoms with Gasteiger partial charge in [-0.25, -0.2) is 4.98 Å². The van der Waals surface area contributed by atoms with Gasteiger partial charge in [0.25, 0.3) is 0 Å². The van der Waals surface area contributed by atoms with Crippen molar-refractivity contribution in [3.05, 3.63) is 114 Å². The highest BCUT2D eigenvalue weighted by Gasteiger charge is 2.44. The second-order valence-corrected chi connectivity index (χ2v) is 21.9. The average Bonchev–Trinajstić information content (AvgIpc) is 3.52. The zero-order valence-electron chi connectivity index (χ0n) is 31.0. The van der Waals surface area contributed by atoms with Gasteiger partial charge in [0.05, 0.1) is 20.1 Å². The number of furan rings is 1. The van der Waals surface area contributed by atoms with Gasteiger partial charge in [0.15, 0.2) is 29.7 Å². The lowest BCUT2D eigenvalue weighted by Crippen LogP contribution is -2.54. The van der Waals surface area contributed by atoms with Gasteiger partial charge in [-0.2, -0.15) is 9.13 Å². The highest BCUT2D eigenvalue weighted by Crippen LogP contribution is 2.46. The third-order valence-electron chi connectivity index (χ3n) is 12.4. The molecule has 6 aromatic rings. The van der Waals surface area contributed by atoms with E-state index >= 15 is 0 Å². The molecular weight excluding hydrogens is 639 g/mol. The number of rotatable bonds is 3. The maximum Gasteiger partial charge on any atom is 0.227 e. The molecule has 4 nitrogen and oxygen atoms in total. The summed E-state index contributed by atoms with van der Waals surface area (Å²) in [6, 6.07) is 25.7. The molecule has 0 radical (unpaired) electrons. The van der Waals surface area contributed by atoms with Gasteiger partial charge in [0.2, 0.25) is 17.1 Å². The van der Waals surface area contributed by atoms with E-state index in [0.29, 0.717) is 23.5 Å². The molecule has 0 saturated heterocycles. The summed E-state index contributed by atoms with van der Waals surface area (Å²) >= 11 is 0. The van der Waals surface area contributed by atoms with Crippen LogP contribution in [0.5, 0.6) is 0 Å². The molecule has 2 unspecified atom stereocenters. The summed E-state index contributed by atoms with van der Waals surface area (Å²) in [6.07, 6.45) is 16.2. The Labute approximate surface area is 303 Å². The van der Waals surface area contributed by atoms with E-state index in [-0.39, 0.29) is 6.04 Å². The fourth-order valence-corrected chi connectivity index (χ4v) is 11.5. The Morgan fingerprint density at radius 2 is 1.71 bits per heavy atom. The van der Waals surface area contributed by atoms with Gasteiger partial charge >= 0.3 is 0 Å². The molecule has 51 heavy (non-hydrogen) atoms. The Morgan fingerprint density at radius 1 is 0.882 bits per heavy atom. The minimum Gasteiger partial charge on any atom is -0.437 e. The van der Waals surface area contributed by atoms with Crippen LogP contribution in [0.15, 0.2) is 96.3 Å². The fourth-order valence-electron chi connectivity index (χ4n) is 9.75. The Bertz CT molecular complexity index is 2340. The molecule has 4 aromatic heterocycles. The topological polar surface area (TPSA) is 33.8 Å². The van der Waals surface area contributed by atoms with Gasteiger partial charge in [-0.1, -0.05) is 83.1 Å². The van der Waals surface area contributed by atoms with Crippen LogP contribution in [0.3, 0.4) is 0 Å². The Kier molecular flexibility index (Phi) is 7.92. The minimum atomic E-state index is -1.64. The van der Waals surface area contributed by atoms with Gasteiger partial charge in [0, 0.05) is 51.8 Å². The highest BCUT2D eigenvalue weighted by molar-refractivity contribution is 6.89. The Morgan fingerprint density at radius 3 is 2.51 bits per heavy atom. The van der Waals surface area contributed by atoms with Crippen molar-refractivity contribution in [2.45, 2.75) is 109 Å². The molecule has 0 bridgehead atoms. The monoisotopic (exact) mass is 689 g/mol. The number of allylic oxidation sites excluding steroid dienone is 1. The second-order valence-electron chi connectivity index (χ2n) is 16.9. The Hall–Kier alpha value is -4.35. The first-order chi connectivity index (χ1) is 24.7. The molecule has 258 valence electrons. The van der Waals surface area contributed by atoms with E-state index in [4.69, 9.17) is 11.0 Å². The smallest absolute Gasteiger partial charge is 0.227 e. The zero-order chi connectivity index (χ0) is 35.0. The molecule has 3 aliphatic rings. The predicted molar refractivity (Wildman–Crippen MR) is 212 cm³/mol. The van der Waals surface area contributed by atoms with Crippen molar-refractivity contribution in [3.8, 4) is 22.5 Å². The molecule has 0 spiro atoms. The molecule has 2 aliphatic heterocycles. The van der Waals surface area contributed by atoms with Crippen molar-refractivity contribution >= 4 is 41.0 Å². The van der Waals surface area contributed by atoms with Crippen LogP contribution in [0.4, 0.5) is 0 Å². The first kappa shape index (κ1) is 32.5. The number of fused-ring (bicyclic) bond motifs is 13. The molecule has 6 heterocycles. The van der Waals surface area contributed by atoms with Gasteiger partial charge in [-0.3, -0.25) is 0 Å². The number of hydrogen-bond donors (Lipinski definition) is 0. The largest absolute Gasteiger partial charge is 0.437 e. The summed E-state index contributed by atoms with van der Waals surface area (Å²) < 4.78 is 11.8. The van der Waals surface area contributed by atoms with E-state index < -0.39 is 8.07 Å². The summed E-state index contributed by atoms with van der Waals surface area (Å²) in [5.74, 6) is 1.42. The molecular formula is C46H51N3OSi+2. The van der Waals surface area contributed by atoms with Crippen molar-refractivity contribution < 1.29 is 13.6 Å². The lowest BCUT2D eigenvalue weighted by molar-refractivity contribution is -0.719. The number of aromatic nitrogens is 3. The van der Waals surface area contributed by atoms with Crippen molar-refractivity contribution in [2.24, 2.45) is 0 Å². The summed E-state index contributed by atoms with van der Waals surface area (Å²) in [6.45, 7) is 17.2. The van der Waals surface area contributed by atoms with Gasteiger partial charge in [-0.15, -0.1) is 0 Å². The lowest BCUT2D eigenvalue weighted by atomic mass is 9.77. The van der Waals surface area contributed by atoms with Crippen LogP contribution in [0.1, 0.15) is 105 Å². The van der Waals surface area contributed by atoms with Crippen LogP contribution in [0, 0.1) is 0 Å². The SMILES string of the molecule is C=C1CC2C(CCc3ccc4c(oc5ncccc54)c3-c3cc(C4CCCCC4)cc[n+]31)c1ccccc1-c1cc(C(C)C)c([Si](C)(C)C)c[n+]12. The minimum absolute atomic E-state index is 0.262. The van der Waals surface area contributed by atoms with Crippen molar-refractivity contribution in [1.82, 2.24) is 4.98 Å². The van der Waals surface area contributed by atoms with Crippen LogP contribution in [0.2, 0.25) is 19.6 Å². The highest BCUT2D eigenvalue weighted by atomic mass is 28.3. The van der Waals surface area contributed by atoms with Gasteiger partial charge in [-0.05, 0) is 84.6 Å². The van der Waals surface area contributed by atoms with Crippen LogP contribution < -0.4 is 14.3 Å². The lowest BCUT2D eigenvalue weighted by Gasteiger charge is -2.33. The van der Waals surface area contributed by atoms with Gasteiger partial charge < -0.3 is 4.42 Å². The molecule has 9 rings (SSSR count). The van der Waals surface area contributed by atoms with E-state index in [1.54, 1.807) is 5.19 Å². The van der Waals surface area contributed by atoms with E-state index in [1.165, 1.54) is 76.9 Å². The third kappa shape index (κ3) is 5.42. The maximum absolute atomic E-state index is 6.73. The molecule has 2 atom stereocenters. The van der Waals surface area contributed by atoms with Crippen molar-refractivity contribution in [3.63, 3.8) is 0 Å². The van der Waals surface area contributed by atoms with Gasteiger partial charge in [0.1, 0.15) is 0 Å². The maximum atomic E-state index is 6.73. The molecule has 5 heteroatoms.